The highest BCUT2D eigenvalue weighted by atomic mass is 35.5. The largest absolute Gasteiger partial charge is 0.379 e. The molecule has 1 aromatic heterocycles. The molecular formula is C27H30Cl2N2O5S2. The van der Waals surface area contributed by atoms with Crippen molar-refractivity contribution in [2.45, 2.75) is 44.2 Å². The highest BCUT2D eigenvalue weighted by Crippen LogP contribution is 2.32. The van der Waals surface area contributed by atoms with Crippen LogP contribution in [0.3, 0.4) is 0 Å². The maximum absolute atomic E-state index is 13.4. The summed E-state index contributed by atoms with van der Waals surface area (Å²) in [7, 11) is -4.24. The second-order valence-corrected chi connectivity index (χ2v) is 12.2. The molecule has 1 aliphatic rings. The molecule has 1 saturated heterocycles. The van der Waals surface area contributed by atoms with Gasteiger partial charge in [0.15, 0.2) is 0 Å². The van der Waals surface area contributed by atoms with Crippen LogP contribution in [0.2, 0.25) is 10.0 Å². The van der Waals surface area contributed by atoms with E-state index in [1.54, 1.807) is 17.0 Å². The van der Waals surface area contributed by atoms with Crippen molar-refractivity contribution in [3.05, 3.63) is 74.4 Å². The number of rotatable bonds is 11. The lowest BCUT2D eigenvalue weighted by molar-refractivity contribution is 0.0510. The number of carbonyl (C=O) groups is 1. The summed E-state index contributed by atoms with van der Waals surface area (Å²) >= 11 is 13.4. The molecule has 7 nitrogen and oxygen atoms in total. The van der Waals surface area contributed by atoms with Crippen molar-refractivity contribution < 1.29 is 22.1 Å². The molecule has 3 aromatic rings. The molecule has 204 valence electrons. The number of ether oxygens (including phenoxy) is 1. The first-order chi connectivity index (χ1) is 18.2. The van der Waals surface area contributed by atoms with Crippen LogP contribution in [0.25, 0.3) is 0 Å². The number of carbonyl (C=O) groups excluding carboxylic acids is 1. The zero-order chi connectivity index (χ0) is 27.3. The van der Waals surface area contributed by atoms with Crippen LogP contribution in [0.1, 0.15) is 41.9 Å². The summed E-state index contributed by atoms with van der Waals surface area (Å²) in [5, 5.41) is 2.21. The van der Waals surface area contributed by atoms with E-state index < -0.39 is 10.1 Å². The molecule has 1 amide bonds. The Balaban J connectivity index is 1.71. The molecule has 0 saturated carbocycles. The van der Waals surface area contributed by atoms with E-state index in [-0.39, 0.29) is 39.2 Å². The predicted octanol–water partition coefficient (Wildman–Crippen LogP) is 6.49. The molecule has 2 aromatic carbocycles. The van der Waals surface area contributed by atoms with E-state index in [9.17, 15) is 13.2 Å². The number of benzene rings is 2. The van der Waals surface area contributed by atoms with Gasteiger partial charge >= 0.3 is 10.1 Å². The van der Waals surface area contributed by atoms with Gasteiger partial charge in [0, 0.05) is 50.1 Å². The van der Waals surface area contributed by atoms with Crippen molar-refractivity contribution >= 4 is 56.3 Å². The SMILES string of the molecule is CCN(CC)c1ccc(CN(C[C@H]2CCCO2)C(=O)c2cccs2)c(OS(=O)(=O)c2ccc(Cl)c(Cl)c2)c1. The monoisotopic (exact) mass is 596 g/mol. The van der Waals surface area contributed by atoms with E-state index in [0.29, 0.717) is 23.6 Å². The highest BCUT2D eigenvalue weighted by Gasteiger charge is 2.27. The van der Waals surface area contributed by atoms with Crippen molar-refractivity contribution in [2.75, 3.05) is 31.1 Å². The standard InChI is InChI=1S/C27H30Cl2N2O5S2/c1-3-30(4-2)20-10-9-19(25(15-20)36-38(33,34)22-11-12-23(28)24(29)16-22)17-31(18-21-7-5-13-35-21)27(32)26-8-6-14-37-26/h6,8-12,14-16,21H,3-5,7,13,17-18H2,1-2H3/t21-/m1/s1. The van der Waals surface area contributed by atoms with Crippen LogP contribution < -0.4 is 9.08 Å². The quantitative estimate of drug-likeness (QED) is 0.235. The van der Waals surface area contributed by atoms with Crippen LogP contribution in [-0.2, 0) is 21.4 Å². The number of halogens is 2. The third-order valence-corrected chi connectivity index (χ3v) is 9.21. The molecule has 4 rings (SSSR count). The molecule has 0 aliphatic carbocycles. The lowest BCUT2D eigenvalue weighted by Crippen LogP contribution is -2.36. The van der Waals surface area contributed by atoms with E-state index in [1.165, 1.54) is 29.5 Å². The Labute approximate surface area is 238 Å². The van der Waals surface area contributed by atoms with Gasteiger partial charge in [-0.2, -0.15) is 8.42 Å². The van der Waals surface area contributed by atoms with Gasteiger partial charge in [-0.25, -0.2) is 0 Å². The van der Waals surface area contributed by atoms with Gasteiger partial charge in [0.25, 0.3) is 5.91 Å². The van der Waals surface area contributed by atoms with Crippen LogP contribution in [0.5, 0.6) is 5.75 Å². The molecule has 0 spiro atoms. The molecule has 0 radical (unpaired) electrons. The summed E-state index contributed by atoms with van der Waals surface area (Å²) in [6, 6.07) is 13.1. The highest BCUT2D eigenvalue weighted by molar-refractivity contribution is 7.87. The summed E-state index contributed by atoms with van der Waals surface area (Å²) < 4.78 is 38.1. The van der Waals surface area contributed by atoms with Crippen LogP contribution in [0.4, 0.5) is 5.69 Å². The Morgan fingerprint density at radius 2 is 1.89 bits per heavy atom. The van der Waals surface area contributed by atoms with Gasteiger partial charge in [-0.05, 0) is 62.4 Å². The second kappa shape index (κ2) is 12.7. The summed E-state index contributed by atoms with van der Waals surface area (Å²) in [5.74, 6) is 0.0124. The summed E-state index contributed by atoms with van der Waals surface area (Å²) in [6.45, 7) is 6.73. The third-order valence-electron chi connectivity index (χ3n) is 6.39. The van der Waals surface area contributed by atoms with E-state index in [2.05, 4.69) is 4.90 Å². The van der Waals surface area contributed by atoms with Gasteiger partial charge in [0.1, 0.15) is 10.6 Å². The molecule has 0 unspecified atom stereocenters. The van der Waals surface area contributed by atoms with Crippen LogP contribution >= 0.6 is 34.5 Å². The Morgan fingerprint density at radius 3 is 2.53 bits per heavy atom. The zero-order valence-electron chi connectivity index (χ0n) is 21.2. The van der Waals surface area contributed by atoms with Gasteiger partial charge in [0.2, 0.25) is 0 Å². The van der Waals surface area contributed by atoms with Crippen molar-refractivity contribution in [3.8, 4) is 5.75 Å². The fourth-order valence-electron chi connectivity index (χ4n) is 4.35. The normalized spacial score (nSPS) is 15.4. The van der Waals surface area contributed by atoms with Crippen LogP contribution in [0, 0.1) is 0 Å². The Hall–Kier alpha value is -2.30. The molecule has 1 fully saturated rings. The van der Waals surface area contributed by atoms with E-state index in [1.807, 2.05) is 37.4 Å². The Morgan fingerprint density at radius 1 is 1.11 bits per heavy atom. The first-order valence-electron chi connectivity index (χ1n) is 12.4. The fraction of sp³-hybridized carbons (Fsp3) is 0.370. The average molecular weight is 598 g/mol. The fourth-order valence-corrected chi connectivity index (χ4v) is 6.39. The van der Waals surface area contributed by atoms with Gasteiger partial charge < -0.3 is 18.7 Å². The van der Waals surface area contributed by atoms with Crippen LogP contribution in [0.15, 0.2) is 58.8 Å². The second-order valence-electron chi connectivity index (χ2n) is 8.88. The third kappa shape index (κ3) is 6.82. The Bertz CT molecular complexity index is 1360. The smallest absolute Gasteiger partial charge is 0.339 e. The number of amides is 1. The predicted molar refractivity (Wildman–Crippen MR) is 152 cm³/mol. The molecule has 0 N–H and O–H groups in total. The lowest BCUT2D eigenvalue weighted by atomic mass is 10.1. The van der Waals surface area contributed by atoms with Crippen molar-refractivity contribution in [1.29, 1.82) is 0 Å². The minimum absolute atomic E-state index is 0.0711. The zero-order valence-corrected chi connectivity index (χ0v) is 24.4. The average Bonchev–Trinajstić information content (AvgIpc) is 3.61. The number of nitrogens with zero attached hydrogens (tertiary/aromatic N) is 2. The van der Waals surface area contributed by atoms with Crippen LogP contribution in [-0.4, -0.2) is 51.6 Å². The molecule has 0 bridgehead atoms. The van der Waals surface area contributed by atoms with E-state index in [0.717, 1.165) is 31.6 Å². The number of anilines is 1. The number of hydrogen-bond donors (Lipinski definition) is 0. The molecule has 2 heterocycles. The Kier molecular flexibility index (Phi) is 9.59. The first-order valence-corrected chi connectivity index (χ1v) is 15.5. The maximum atomic E-state index is 13.4. The van der Waals surface area contributed by atoms with Gasteiger partial charge in [-0.15, -0.1) is 11.3 Å². The van der Waals surface area contributed by atoms with Crippen molar-refractivity contribution in [1.82, 2.24) is 4.90 Å². The molecule has 1 atom stereocenters. The van der Waals surface area contributed by atoms with Gasteiger partial charge in [0.05, 0.1) is 21.0 Å². The lowest BCUT2D eigenvalue weighted by Gasteiger charge is -2.27. The molecule has 1 aliphatic heterocycles. The van der Waals surface area contributed by atoms with Crippen molar-refractivity contribution in [2.24, 2.45) is 0 Å². The number of hydrogen-bond acceptors (Lipinski definition) is 7. The molecule has 38 heavy (non-hydrogen) atoms. The topological polar surface area (TPSA) is 76.2 Å². The minimum Gasteiger partial charge on any atom is -0.379 e. The molecular weight excluding hydrogens is 567 g/mol. The summed E-state index contributed by atoms with van der Waals surface area (Å²) in [5.41, 5.74) is 1.38. The first kappa shape index (κ1) is 28.7. The van der Waals surface area contributed by atoms with E-state index >= 15 is 0 Å². The van der Waals surface area contributed by atoms with E-state index in [4.69, 9.17) is 32.1 Å². The van der Waals surface area contributed by atoms with Gasteiger partial charge in [-0.1, -0.05) is 35.3 Å². The summed E-state index contributed by atoms with van der Waals surface area (Å²) in [4.78, 5) is 17.7. The van der Waals surface area contributed by atoms with Crippen molar-refractivity contribution in [3.63, 3.8) is 0 Å². The summed E-state index contributed by atoms with van der Waals surface area (Å²) in [6.07, 6.45) is 1.74. The minimum atomic E-state index is -4.24. The van der Waals surface area contributed by atoms with Gasteiger partial charge in [-0.3, -0.25) is 4.79 Å². The number of thiophene rings is 1. The maximum Gasteiger partial charge on any atom is 0.339 e. The molecule has 11 heteroatoms.